The van der Waals surface area contributed by atoms with Crippen molar-refractivity contribution >= 4 is 11.8 Å². The molecule has 20 heavy (non-hydrogen) atoms. The van der Waals surface area contributed by atoms with Crippen molar-refractivity contribution in [1.29, 1.82) is 0 Å². The van der Waals surface area contributed by atoms with Crippen LogP contribution in [-0.4, -0.2) is 45.3 Å². The topological polar surface area (TPSA) is 76.7 Å². The van der Waals surface area contributed by atoms with Crippen LogP contribution in [0.15, 0.2) is 30.3 Å². The third-order valence-electron chi connectivity index (χ3n) is 2.44. The molecule has 1 rings (SSSR count). The van der Waals surface area contributed by atoms with Gasteiger partial charge in [0.05, 0.1) is 19.8 Å². The summed E-state index contributed by atoms with van der Waals surface area (Å²) in [6.45, 7) is 1.10. The van der Waals surface area contributed by atoms with E-state index in [1.807, 2.05) is 30.3 Å². The number of carbonyl (C=O) groups is 2. The van der Waals surface area contributed by atoms with Gasteiger partial charge in [-0.15, -0.1) is 0 Å². The molecule has 0 saturated carbocycles. The summed E-state index contributed by atoms with van der Waals surface area (Å²) in [5.74, 6) is -0.560. The maximum atomic E-state index is 11.5. The van der Waals surface area contributed by atoms with Crippen LogP contribution >= 0.6 is 0 Å². The third-order valence-corrected chi connectivity index (χ3v) is 2.44. The van der Waals surface area contributed by atoms with Crippen molar-refractivity contribution in [2.75, 3.05) is 33.5 Å². The summed E-state index contributed by atoms with van der Waals surface area (Å²) in [4.78, 5) is 22.8. The van der Waals surface area contributed by atoms with E-state index in [1.54, 1.807) is 7.11 Å². The van der Waals surface area contributed by atoms with E-state index in [0.717, 1.165) is 5.56 Å². The fourth-order valence-electron chi connectivity index (χ4n) is 1.40. The molecule has 0 heterocycles. The van der Waals surface area contributed by atoms with Crippen LogP contribution in [0.4, 0.5) is 0 Å². The number of rotatable bonds is 9. The Morgan fingerprint density at radius 1 is 1.05 bits per heavy atom. The highest BCUT2D eigenvalue weighted by Gasteiger charge is 2.05. The zero-order chi connectivity index (χ0) is 14.6. The normalized spacial score (nSPS) is 10.1. The molecule has 1 aromatic rings. The van der Waals surface area contributed by atoms with Crippen molar-refractivity contribution < 1.29 is 19.1 Å². The average molecular weight is 280 g/mol. The predicted molar refractivity (Wildman–Crippen MR) is 74.0 cm³/mol. The Kier molecular flexibility index (Phi) is 8.02. The number of ether oxygens (including phenoxy) is 2. The Hall–Kier alpha value is -1.92. The molecule has 0 fully saturated rings. The van der Waals surface area contributed by atoms with Crippen LogP contribution in [0.5, 0.6) is 0 Å². The van der Waals surface area contributed by atoms with Gasteiger partial charge in [-0.2, -0.15) is 0 Å². The summed E-state index contributed by atoms with van der Waals surface area (Å²) >= 11 is 0. The molecule has 0 saturated heterocycles. The molecule has 6 heteroatoms. The molecule has 0 bridgehead atoms. The van der Waals surface area contributed by atoms with E-state index in [4.69, 9.17) is 9.47 Å². The van der Waals surface area contributed by atoms with Gasteiger partial charge in [-0.25, -0.2) is 0 Å². The van der Waals surface area contributed by atoms with Crippen LogP contribution in [0.3, 0.4) is 0 Å². The van der Waals surface area contributed by atoms with Crippen molar-refractivity contribution in [2.24, 2.45) is 0 Å². The second-order valence-electron chi connectivity index (χ2n) is 4.08. The molecule has 6 nitrogen and oxygen atoms in total. The van der Waals surface area contributed by atoms with Gasteiger partial charge < -0.3 is 20.1 Å². The Bertz CT molecular complexity index is 409. The van der Waals surface area contributed by atoms with Gasteiger partial charge in [0.2, 0.25) is 11.8 Å². The number of hydrogen-bond acceptors (Lipinski definition) is 4. The Balaban J connectivity index is 2.09. The molecule has 110 valence electrons. The van der Waals surface area contributed by atoms with E-state index < -0.39 is 0 Å². The molecular formula is C14H20N2O4. The van der Waals surface area contributed by atoms with Gasteiger partial charge in [-0.1, -0.05) is 30.3 Å². The highest BCUT2D eigenvalue weighted by molar-refractivity contribution is 5.85. The van der Waals surface area contributed by atoms with E-state index in [1.165, 1.54) is 0 Å². The highest BCUT2D eigenvalue weighted by Crippen LogP contribution is 1.96. The van der Waals surface area contributed by atoms with Gasteiger partial charge in [-0.3, -0.25) is 9.59 Å². The van der Waals surface area contributed by atoms with E-state index in [9.17, 15) is 9.59 Å². The Morgan fingerprint density at radius 2 is 1.80 bits per heavy atom. The minimum Gasteiger partial charge on any atom is -0.382 e. The van der Waals surface area contributed by atoms with E-state index in [0.29, 0.717) is 19.8 Å². The first-order chi connectivity index (χ1) is 9.72. The number of methoxy groups -OCH3 is 1. The SMILES string of the molecule is COCCOCC(=O)NCC(=O)NCc1ccccc1. The van der Waals surface area contributed by atoms with Crippen LogP contribution < -0.4 is 10.6 Å². The van der Waals surface area contributed by atoms with Crippen molar-refractivity contribution in [3.05, 3.63) is 35.9 Å². The van der Waals surface area contributed by atoms with Crippen molar-refractivity contribution in [1.82, 2.24) is 10.6 Å². The summed E-state index contributed by atoms with van der Waals surface area (Å²) < 4.78 is 9.80. The molecule has 0 aliphatic rings. The lowest BCUT2D eigenvalue weighted by atomic mass is 10.2. The minimum atomic E-state index is -0.323. The van der Waals surface area contributed by atoms with Gasteiger partial charge in [0.25, 0.3) is 0 Å². The predicted octanol–water partition coefficient (Wildman–Crippen LogP) is 0.0820. The fourth-order valence-corrected chi connectivity index (χ4v) is 1.40. The van der Waals surface area contributed by atoms with Crippen molar-refractivity contribution in [3.8, 4) is 0 Å². The van der Waals surface area contributed by atoms with Gasteiger partial charge in [0.1, 0.15) is 6.61 Å². The first-order valence-electron chi connectivity index (χ1n) is 6.36. The molecule has 2 amide bonds. The number of nitrogens with one attached hydrogen (secondary N) is 2. The first kappa shape index (κ1) is 16.1. The maximum absolute atomic E-state index is 11.5. The molecule has 0 aliphatic heterocycles. The van der Waals surface area contributed by atoms with Crippen molar-refractivity contribution in [3.63, 3.8) is 0 Å². The summed E-state index contributed by atoms with van der Waals surface area (Å²) in [6.07, 6.45) is 0. The van der Waals surface area contributed by atoms with Crippen LogP contribution in [0.2, 0.25) is 0 Å². The van der Waals surface area contributed by atoms with E-state index in [2.05, 4.69) is 10.6 Å². The smallest absolute Gasteiger partial charge is 0.246 e. The minimum absolute atomic E-state index is 0.0562. The molecule has 2 N–H and O–H groups in total. The first-order valence-corrected chi connectivity index (χ1v) is 6.36. The van der Waals surface area contributed by atoms with Gasteiger partial charge in [-0.05, 0) is 5.56 Å². The van der Waals surface area contributed by atoms with Gasteiger partial charge >= 0.3 is 0 Å². The van der Waals surface area contributed by atoms with E-state index in [-0.39, 0.29) is 25.0 Å². The summed E-state index contributed by atoms with van der Waals surface area (Å²) in [6, 6.07) is 9.56. The molecule has 0 aromatic heterocycles. The molecule has 1 aromatic carbocycles. The average Bonchev–Trinajstić information content (AvgIpc) is 2.48. The second-order valence-corrected chi connectivity index (χ2v) is 4.08. The fraction of sp³-hybridized carbons (Fsp3) is 0.429. The van der Waals surface area contributed by atoms with Crippen LogP contribution in [-0.2, 0) is 25.6 Å². The zero-order valence-corrected chi connectivity index (χ0v) is 11.6. The molecule has 0 unspecified atom stereocenters. The second kappa shape index (κ2) is 9.94. The number of amides is 2. The van der Waals surface area contributed by atoms with E-state index >= 15 is 0 Å². The van der Waals surface area contributed by atoms with Crippen LogP contribution in [0.25, 0.3) is 0 Å². The third kappa shape index (κ3) is 7.50. The largest absolute Gasteiger partial charge is 0.382 e. The van der Waals surface area contributed by atoms with Gasteiger partial charge in [0, 0.05) is 13.7 Å². The highest BCUT2D eigenvalue weighted by atomic mass is 16.5. The summed E-state index contributed by atoms with van der Waals surface area (Å²) in [7, 11) is 1.56. The van der Waals surface area contributed by atoms with Crippen LogP contribution in [0.1, 0.15) is 5.56 Å². The maximum Gasteiger partial charge on any atom is 0.246 e. The van der Waals surface area contributed by atoms with Crippen LogP contribution in [0, 0.1) is 0 Å². The molecule has 0 aliphatic carbocycles. The lowest BCUT2D eigenvalue weighted by Gasteiger charge is -2.07. The summed E-state index contributed by atoms with van der Waals surface area (Å²) in [5, 5.41) is 5.20. The molecule has 0 atom stereocenters. The molecule has 0 radical (unpaired) electrons. The quantitative estimate of drug-likeness (QED) is 0.628. The summed E-state index contributed by atoms with van der Waals surface area (Å²) in [5.41, 5.74) is 1.01. The number of carbonyl (C=O) groups excluding carboxylic acids is 2. The lowest BCUT2D eigenvalue weighted by Crippen LogP contribution is -2.38. The van der Waals surface area contributed by atoms with Crippen molar-refractivity contribution in [2.45, 2.75) is 6.54 Å². The standard InChI is InChI=1S/C14H20N2O4/c1-19-7-8-20-11-14(18)16-10-13(17)15-9-12-5-3-2-4-6-12/h2-6H,7-11H2,1H3,(H,15,17)(H,16,18). The van der Waals surface area contributed by atoms with Gasteiger partial charge in [0.15, 0.2) is 0 Å². The zero-order valence-electron chi connectivity index (χ0n) is 11.6. The Labute approximate surface area is 118 Å². The number of hydrogen-bond donors (Lipinski definition) is 2. The molecular weight excluding hydrogens is 260 g/mol. The monoisotopic (exact) mass is 280 g/mol. The lowest BCUT2D eigenvalue weighted by molar-refractivity contribution is -0.129. The Morgan fingerprint density at radius 3 is 2.50 bits per heavy atom. The number of benzene rings is 1. The molecule has 0 spiro atoms.